The lowest BCUT2D eigenvalue weighted by Gasteiger charge is -2.40. The van der Waals surface area contributed by atoms with E-state index >= 15 is 0 Å². The number of rotatable bonds is 7. The first kappa shape index (κ1) is 25.9. The number of aryl methyl sites for hydroxylation is 1. The number of nitrogens with zero attached hydrogens (tertiary/aromatic N) is 1. The van der Waals surface area contributed by atoms with E-state index in [4.69, 9.17) is 4.74 Å². The molecule has 2 heterocycles. The molecule has 0 radical (unpaired) electrons. The van der Waals surface area contributed by atoms with Gasteiger partial charge in [0.05, 0.1) is 11.5 Å². The molecule has 192 valence electrons. The number of ether oxygens (including phenoxy) is 1. The van der Waals surface area contributed by atoms with E-state index in [0.29, 0.717) is 25.2 Å². The number of piperidine rings is 1. The molecule has 0 aliphatic carbocycles. The topological polar surface area (TPSA) is 105 Å². The Balaban J connectivity index is 1.38. The molecule has 2 aromatic rings. The standard InChI is InChI=1S/C27H33N3O5S/c1-4-25(31)29-26-18(2)16-30(17-19(26)3)36(33,34)23-10-8-21(9-11-23)27(32)28-15-20-7-12-24-22(14-20)6-5-13-35-24/h4,7-12,14,18-19,26H,1,5-6,13,15-17H2,2-3H3,(H,28,32)(H,29,31). The summed E-state index contributed by atoms with van der Waals surface area (Å²) in [5.41, 5.74) is 2.53. The highest BCUT2D eigenvalue weighted by Crippen LogP contribution is 2.28. The summed E-state index contributed by atoms with van der Waals surface area (Å²) in [7, 11) is -3.73. The molecule has 36 heavy (non-hydrogen) atoms. The molecule has 8 nitrogen and oxygen atoms in total. The fourth-order valence-electron chi connectivity index (χ4n) is 4.94. The summed E-state index contributed by atoms with van der Waals surface area (Å²) in [5, 5.41) is 5.81. The largest absolute Gasteiger partial charge is 0.493 e. The van der Waals surface area contributed by atoms with Gasteiger partial charge in [0.15, 0.2) is 0 Å². The highest BCUT2D eigenvalue weighted by Gasteiger charge is 2.38. The summed E-state index contributed by atoms with van der Waals surface area (Å²) in [4.78, 5) is 24.6. The van der Waals surface area contributed by atoms with Crippen LogP contribution >= 0.6 is 0 Å². The van der Waals surface area contributed by atoms with Gasteiger partial charge in [-0.1, -0.05) is 32.6 Å². The monoisotopic (exact) mass is 511 g/mol. The molecule has 1 fully saturated rings. The molecule has 2 amide bonds. The predicted octanol–water partition coefficient (Wildman–Crippen LogP) is 2.89. The van der Waals surface area contributed by atoms with Crippen LogP contribution in [0.5, 0.6) is 5.75 Å². The second-order valence-electron chi connectivity index (χ2n) is 9.62. The zero-order valence-corrected chi connectivity index (χ0v) is 21.5. The fourth-order valence-corrected chi connectivity index (χ4v) is 6.59. The summed E-state index contributed by atoms with van der Waals surface area (Å²) in [6, 6.07) is 11.8. The van der Waals surface area contributed by atoms with Gasteiger partial charge in [-0.15, -0.1) is 0 Å². The number of benzene rings is 2. The molecule has 9 heteroatoms. The minimum absolute atomic E-state index is 0.0624. The van der Waals surface area contributed by atoms with Crippen molar-refractivity contribution in [2.24, 2.45) is 11.8 Å². The molecule has 2 unspecified atom stereocenters. The summed E-state index contributed by atoms with van der Waals surface area (Å²) < 4.78 is 33.7. The van der Waals surface area contributed by atoms with E-state index in [1.807, 2.05) is 26.0 Å². The van der Waals surface area contributed by atoms with E-state index in [0.717, 1.165) is 36.3 Å². The van der Waals surface area contributed by atoms with Gasteiger partial charge in [-0.25, -0.2) is 8.42 Å². The van der Waals surface area contributed by atoms with E-state index < -0.39 is 10.0 Å². The van der Waals surface area contributed by atoms with Gasteiger partial charge in [0.1, 0.15) is 5.75 Å². The Morgan fingerprint density at radius 3 is 2.47 bits per heavy atom. The number of hydrogen-bond donors (Lipinski definition) is 2. The number of carbonyl (C=O) groups excluding carboxylic acids is 2. The Hall–Kier alpha value is -3.17. The molecule has 1 saturated heterocycles. The predicted molar refractivity (Wildman–Crippen MR) is 137 cm³/mol. The number of carbonyl (C=O) groups is 2. The molecule has 2 N–H and O–H groups in total. The van der Waals surface area contributed by atoms with Gasteiger partial charge in [-0.2, -0.15) is 4.31 Å². The van der Waals surface area contributed by atoms with Gasteiger partial charge in [-0.05, 0) is 72.2 Å². The van der Waals surface area contributed by atoms with Crippen LogP contribution in [0, 0.1) is 11.8 Å². The lowest BCUT2D eigenvalue weighted by Crippen LogP contribution is -2.55. The Bertz CT molecular complexity index is 1230. The second kappa shape index (κ2) is 10.8. The lowest BCUT2D eigenvalue weighted by molar-refractivity contribution is -0.118. The van der Waals surface area contributed by atoms with Crippen molar-refractivity contribution in [1.82, 2.24) is 14.9 Å². The van der Waals surface area contributed by atoms with E-state index in [-0.39, 0.29) is 34.6 Å². The molecule has 2 aliphatic rings. The molecule has 2 aliphatic heterocycles. The van der Waals surface area contributed by atoms with Crippen molar-refractivity contribution in [2.45, 2.75) is 44.2 Å². The summed E-state index contributed by atoms with van der Waals surface area (Å²) in [6.07, 6.45) is 3.17. The summed E-state index contributed by atoms with van der Waals surface area (Å²) in [5.74, 6) is 0.251. The maximum Gasteiger partial charge on any atom is 0.251 e. The van der Waals surface area contributed by atoms with Crippen molar-refractivity contribution >= 4 is 21.8 Å². The Morgan fingerprint density at radius 2 is 1.81 bits per heavy atom. The Kier molecular flexibility index (Phi) is 7.80. The van der Waals surface area contributed by atoms with E-state index in [2.05, 4.69) is 23.3 Å². The number of hydrogen-bond acceptors (Lipinski definition) is 5. The van der Waals surface area contributed by atoms with Crippen LogP contribution in [0.2, 0.25) is 0 Å². The molecule has 0 spiro atoms. The molecular weight excluding hydrogens is 478 g/mol. The quantitative estimate of drug-likeness (QED) is 0.557. The van der Waals surface area contributed by atoms with E-state index in [1.165, 1.54) is 34.6 Å². The van der Waals surface area contributed by atoms with Crippen LogP contribution in [0.1, 0.15) is 41.8 Å². The Morgan fingerprint density at radius 1 is 1.11 bits per heavy atom. The number of amides is 2. The third-order valence-electron chi connectivity index (χ3n) is 6.88. The molecular formula is C27H33N3O5S. The van der Waals surface area contributed by atoms with Gasteiger partial charge in [0, 0.05) is 31.2 Å². The van der Waals surface area contributed by atoms with Crippen LogP contribution in [0.4, 0.5) is 0 Å². The summed E-state index contributed by atoms with van der Waals surface area (Å²) in [6.45, 7) is 9.03. The highest BCUT2D eigenvalue weighted by molar-refractivity contribution is 7.89. The first-order valence-corrected chi connectivity index (χ1v) is 13.7. The van der Waals surface area contributed by atoms with Crippen LogP contribution in [0.25, 0.3) is 0 Å². The van der Waals surface area contributed by atoms with E-state index in [9.17, 15) is 18.0 Å². The normalized spacial score (nSPS) is 22.1. The van der Waals surface area contributed by atoms with Gasteiger partial charge in [-0.3, -0.25) is 9.59 Å². The van der Waals surface area contributed by atoms with E-state index in [1.54, 1.807) is 0 Å². The SMILES string of the molecule is C=CC(=O)NC1C(C)CN(S(=O)(=O)c2ccc(C(=O)NCc3ccc4c(c3)CCCO4)cc2)CC1C. The van der Waals surface area contributed by atoms with Crippen molar-refractivity contribution < 1.29 is 22.7 Å². The minimum Gasteiger partial charge on any atom is -0.493 e. The molecule has 0 saturated carbocycles. The van der Waals surface area contributed by atoms with Gasteiger partial charge >= 0.3 is 0 Å². The first-order valence-electron chi connectivity index (χ1n) is 12.2. The molecule has 4 rings (SSSR count). The zero-order valence-electron chi connectivity index (χ0n) is 20.7. The minimum atomic E-state index is -3.73. The molecule has 2 atom stereocenters. The average Bonchev–Trinajstić information content (AvgIpc) is 2.89. The zero-order chi connectivity index (χ0) is 25.9. The van der Waals surface area contributed by atoms with Crippen LogP contribution in [0.15, 0.2) is 60.0 Å². The van der Waals surface area contributed by atoms with Crippen molar-refractivity contribution in [3.8, 4) is 5.75 Å². The van der Waals surface area contributed by atoms with Crippen LogP contribution in [0.3, 0.4) is 0 Å². The average molecular weight is 512 g/mol. The first-order chi connectivity index (χ1) is 17.2. The third kappa shape index (κ3) is 5.63. The van der Waals surface area contributed by atoms with Crippen molar-refractivity contribution in [2.75, 3.05) is 19.7 Å². The fraction of sp³-hybridized carbons (Fsp3) is 0.407. The second-order valence-corrected chi connectivity index (χ2v) is 11.6. The maximum absolute atomic E-state index is 13.3. The highest BCUT2D eigenvalue weighted by atomic mass is 32.2. The van der Waals surface area contributed by atoms with Crippen LogP contribution in [-0.2, 0) is 27.8 Å². The number of fused-ring (bicyclic) bond motifs is 1. The third-order valence-corrected chi connectivity index (χ3v) is 8.73. The maximum atomic E-state index is 13.3. The van der Waals surface area contributed by atoms with Gasteiger partial charge in [0.2, 0.25) is 15.9 Å². The smallest absolute Gasteiger partial charge is 0.251 e. The van der Waals surface area contributed by atoms with Crippen molar-refractivity contribution in [3.05, 3.63) is 71.8 Å². The number of sulfonamides is 1. The van der Waals surface area contributed by atoms with Gasteiger partial charge in [0.25, 0.3) is 5.91 Å². The van der Waals surface area contributed by atoms with Crippen molar-refractivity contribution in [3.63, 3.8) is 0 Å². The number of nitrogens with one attached hydrogen (secondary N) is 2. The Labute approximate surface area is 212 Å². The van der Waals surface area contributed by atoms with Crippen LogP contribution < -0.4 is 15.4 Å². The molecule has 0 aromatic heterocycles. The molecule has 0 bridgehead atoms. The lowest BCUT2D eigenvalue weighted by atomic mass is 9.87. The van der Waals surface area contributed by atoms with Crippen LogP contribution in [-0.4, -0.2) is 50.3 Å². The van der Waals surface area contributed by atoms with Crippen molar-refractivity contribution in [1.29, 1.82) is 0 Å². The van der Waals surface area contributed by atoms with Gasteiger partial charge < -0.3 is 15.4 Å². The summed E-state index contributed by atoms with van der Waals surface area (Å²) >= 11 is 0. The molecule has 2 aromatic carbocycles.